The standard InChI is InChI=1S/C18H17N3OS/c19-18(22)15-9-12-5-1-2-6-13(12)10-21(15)11-17-20-14-7-3-4-8-16(14)23-17/h1-8,15H,9-11H2,(H2,19,22)/t15-/m0/s1. The molecular weight excluding hydrogens is 306 g/mol. The van der Waals surface area contributed by atoms with Gasteiger partial charge in [0.2, 0.25) is 5.91 Å². The lowest BCUT2D eigenvalue weighted by atomic mass is 9.93. The van der Waals surface area contributed by atoms with Crippen LogP contribution < -0.4 is 5.73 Å². The van der Waals surface area contributed by atoms with E-state index in [0.717, 1.165) is 17.1 Å². The third kappa shape index (κ3) is 2.73. The lowest BCUT2D eigenvalue weighted by Crippen LogP contribution is -2.48. The molecule has 0 saturated heterocycles. The van der Waals surface area contributed by atoms with Gasteiger partial charge in [-0.25, -0.2) is 4.98 Å². The van der Waals surface area contributed by atoms with Gasteiger partial charge in [-0.2, -0.15) is 0 Å². The number of hydrogen-bond acceptors (Lipinski definition) is 4. The second-order valence-electron chi connectivity index (χ2n) is 5.87. The number of nitrogens with zero attached hydrogens (tertiary/aromatic N) is 2. The van der Waals surface area contributed by atoms with Gasteiger partial charge < -0.3 is 5.73 Å². The molecule has 23 heavy (non-hydrogen) atoms. The van der Waals surface area contributed by atoms with Gasteiger partial charge in [-0.05, 0) is 29.7 Å². The van der Waals surface area contributed by atoms with Crippen molar-refractivity contribution in [3.05, 3.63) is 64.7 Å². The maximum Gasteiger partial charge on any atom is 0.235 e. The van der Waals surface area contributed by atoms with Crippen LogP contribution in [0.15, 0.2) is 48.5 Å². The zero-order chi connectivity index (χ0) is 15.8. The predicted octanol–water partition coefficient (Wildman–Crippen LogP) is 2.71. The lowest BCUT2D eigenvalue weighted by molar-refractivity contribution is -0.124. The molecular formula is C18H17N3OS. The average Bonchev–Trinajstić information content (AvgIpc) is 2.96. The maximum absolute atomic E-state index is 11.9. The number of aromatic nitrogens is 1. The molecule has 1 amide bonds. The number of fused-ring (bicyclic) bond motifs is 2. The molecule has 3 aromatic rings. The highest BCUT2D eigenvalue weighted by atomic mass is 32.1. The molecule has 0 spiro atoms. The Morgan fingerprint density at radius 3 is 2.70 bits per heavy atom. The van der Waals surface area contributed by atoms with Gasteiger partial charge in [-0.15, -0.1) is 11.3 Å². The van der Waals surface area contributed by atoms with E-state index in [1.807, 2.05) is 30.3 Å². The Morgan fingerprint density at radius 2 is 1.91 bits per heavy atom. The van der Waals surface area contributed by atoms with Crippen molar-refractivity contribution >= 4 is 27.5 Å². The Morgan fingerprint density at radius 1 is 1.17 bits per heavy atom. The Labute approximate surface area is 138 Å². The molecule has 1 atom stereocenters. The van der Waals surface area contributed by atoms with Gasteiger partial charge in [0.1, 0.15) is 5.01 Å². The molecule has 0 saturated carbocycles. The van der Waals surface area contributed by atoms with Gasteiger partial charge >= 0.3 is 0 Å². The van der Waals surface area contributed by atoms with Crippen LogP contribution in [-0.2, 0) is 24.3 Å². The van der Waals surface area contributed by atoms with Gasteiger partial charge in [0.15, 0.2) is 0 Å². The molecule has 0 aliphatic carbocycles. The molecule has 1 aliphatic rings. The molecule has 2 aromatic carbocycles. The molecule has 4 rings (SSSR count). The summed E-state index contributed by atoms with van der Waals surface area (Å²) < 4.78 is 1.18. The summed E-state index contributed by atoms with van der Waals surface area (Å²) in [6, 6.07) is 16.1. The molecule has 2 N–H and O–H groups in total. The highest BCUT2D eigenvalue weighted by Crippen LogP contribution is 2.28. The normalized spacial score (nSPS) is 18.0. The fraction of sp³-hybridized carbons (Fsp3) is 0.222. The van der Waals surface area contributed by atoms with Crippen LogP contribution in [0.2, 0.25) is 0 Å². The van der Waals surface area contributed by atoms with Crippen LogP contribution in [0.3, 0.4) is 0 Å². The van der Waals surface area contributed by atoms with E-state index in [4.69, 9.17) is 5.73 Å². The SMILES string of the molecule is NC(=O)[C@@H]1Cc2ccccc2CN1Cc1nc2ccccc2s1. The minimum atomic E-state index is -0.267. The zero-order valence-corrected chi connectivity index (χ0v) is 13.4. The number of primary amides is 1. The Kier molecular flexibility index (Phi) is 3.59. The van der Waals surface area contributed by atoms with E-state index >= 15 is 0 Å². The summed E-state index contributed by atoms with van der Waals surface area (Å²) in [5.74, 6) is -0.263. The zero-order valence-electron chi connectivity index (χ0n) is 12.6. The smallest absolute Gasteiger partial charge is 0.235 e. The van der Waals surface area contributed by atoms with E-state index in [9.17, 15) is 4.79 Å². The number of nitrogens with two attached hydrogens (primary N) is 1. The van der Waals surface area contributed by atoms with Crippen LogP contribution in [0.5, 0.6) is 0 Å². The van der Waals surface area contributed by atoms with E-state index in [0.29, 0.717) is 13.0 Å². The maximum atomic E-state index is 11.9. The highest BCUT2D eigenvalue weighted by Gasteiger charge is 2.30. The first kappa shape index (κ1) is 14.4. The molecule has 5 heteroatoms. The monoisotopic (exact) mass is 323 g/mol. The number of hydrogen-bond donors (Lipinski definition) is 1. The van der Waals surface area contributed by atoms with Crippen LogP contribution in [0.25, 0.3) is 10.2 Å². The van der Waals surface area contributed by atoms with E-state index in [-0.39, 0.29) is 11.9 Å². The van der Waals surface area contributed by atoms with Gasteiger partial charge in [0, 0.05) is 6.54 Å². The van der Waals surface area contributed by atoms with Crippen molar-refractivity contribution in [2.24, 2.45) is 5.73 Å². The quantitative estimate of drug-likeness (QED) is 0.806. The Balaban J connectivity index is 1.64. The largest absolute Gasteiger partial charge is 0.368 e. The van der Waals surface area contributed by atoms with Crippen molar-refractivity contribution in [2.75, 3.05) is 0 Å². The average molecular weight is 323 g/mol. The van der Waals surface area contributed by atoms with Gasteiger partial charge in [-0.3, -0.25) is 9.69 Å². The summed E-state index contributed by atoms with van der Waals surface area (Å²) in [5.41, 5.74) is 9.15. The molecule has 0 unspecified atom stereocenters. The second-order valence-corrected chi connectivity index (χ2v) is 6.99. The fourth-order valence-electron chi connectivity index (χ4n) is 3.19. The lowest BCUT2D eigenvalue weighted by Gasteiger charge is -2.34. The molecule has 0 bridgehead atoms. The second kappa shape index (κ2) is 5.76. The molecule has 1 aromatic heterocycles. The van der Waals surface area contributed by atoms with Crippen LogP contribution in [0, 0.1) is 0 Å². The number of para-hydroxylation sites is 1. The number of thiazole rings is 1. The minimum Gasteiger partial charge on any atom is -0.368 e. The predicted molar refractivity (Wildman–Crippen MR) is 92.0 cm³/mol. The summed E-state index contributed by atoms with van der Waals surface area (Å²) in [6.07, 6.45) is 0.677. The number of amides is 1. The number of benzene rings is 2. The molecule has 1 aliphatic heterocycles. The first-order chi connectivity index (χ1) is 11.2. The first-order valence-corrected chi connectivity index (χ1v) is 8.47. The summed E-state index contributed by atoms with van der Waals surface area (Å²) in [4.78, 5) is 18.7. The highest BCUT2D eigenvalue weighted by molar-refractivity contribution is 7.18. The Hall–Kier alpha value is -2.24. The van der Waals surface area contributed by atoms with Gasteiger partial charge in [-0.1, -0.05) is 36.4 Å². The van der Waals surface area contributed by atoms with Crippen LogP contribution in [-0.4, -0.2) is 21.8 Å². The molecule has 2 heterocycles. The summed E-state index contributed by atoms with van der Waals surface area (Å²) >= 11 is 1.68. The van der Waals surface area contributed by atoms with E-state index in [2.05, 4.69) is 28.1 Å². The molecule has 4 nitrogen and oxygen atoms in total. The van der Waals surface area contributed by atoms with Crippen molar-refractivity contribution in [1.29, 1.82) is 0 Å². The third-order valence-corrected chi connectivity index (χ3v) is 5.37. The van der Waals surface area contributed by atoms with Crippen molar-refractivity contribution in [3.8, 4) is 0 Å². The summed E-state index contributed by atoms with van der Waals surface area (Å²) in [6.45, 7) is 1.39. The van der Waals surface area contributed by atoms with E-state index in [1.54, 1.807) is 11.3 Å². The summed E-state index contributed by atoms with van der Waals surface area (Å²) in [5, 5.41) is 1.02. The van der Waals surface area contributed by atoms with Crippen LogP contribution in [0.1, 0.15) is 16.1 Å². The van der Waals surface area contributed by atoms with Crippen LogP contribution in [0.4, 0.5) is 0 Å². The minimum absolute atomic E-state index is 0.263. The van der Waals surface area contributed by atoms with Crippen molar-refractivity contribution in [1.82, 2.24) is 9.88 Å². The van der Waals surface area contributed by atoms with Gasteiger partial charge in [0.25, 0.3) is 0 Å². The third-order valence-electron chi connectivity index (χ3n) is 4.35. The topological polar surface area (TPSA) is 59.2 Å². The van der Waals surface area contributed by atoms with Gasteiger partial charge in [0.05, 0.1) is 22.8 Å². The molecule has 116 valence electrons. The van der Waals surface area contributed by atoms with Crippen molar-refractivity contribution in [3.63, 3.8) is 0 Å². The number of carbonyl (C=O) groups is 1. The number of carbonyl (C=O) groups excluding carboxylic acids is 1. The molecule has 0 fully saturated rings. The first-order valence-electron chi connectivity index (χ1n) is 7.65. The van der Waals surface area contributed by atoms with Crippen molar-refractivity contribution in [2.45, 2.75) is 25.6 Å². The molecule has 0 radical (unpaired) electrons. The Bertz CT molecular complexity index is 840. The fourth-order valence-corrected chi connectivity index (χ4v) is 4.18. The van der Waals surface area contributed by atoms with E-state index in [1.165, 1.54) is 15.8 Å². The van der Waals surface area contributed by atoms with Crippen LogP contribution >= 0.6 is 11.3 Å². The van der Waals surface area contributed by atoms with E-state index < -0.39 is 0 Å². The summed E-state index contributed by atoms with van der Waals surface area (Å²) in [7, 11) is 0. The van der Waals surface area contributed by atoms with Crippen molar-refractivity contribution < 1.29 is 4.79 Å². The number of rotatable bonds is 3.